The van der Waals surface area contributed by atoms with Crippen molar-refractivity contribution in [2.24, 2.45) is 0 Å². The van der Waals surface area contributed by atoms with Crippen LogP contribution in [-0.2, 0) is 4.79 Å². The average Bonchev–Trinajstić information content (AvgIpc) is 2.47. The Morgan fingerprint density at radius 2 is 1.75 bits per heavy atom. The van der Waals surface area contributed by atoms with Gasteiger partial charge in [-0.2, -0.15) is 0 Å². The molecule has 0 unspecified atom stereocenters. The second kappa shape index (κ2) is 7.41. The number of carbonyl (C=O) groups excluding carboxylic acids is 1. The van der Waals surface area contributed by atoms with Gasteiger partial charge in [-0.15, -0.1) is 0 Å². The van der Waals surface area contributed by atoms with Crippen LogP contribution >= 0.6 is 0 Å². The summed E-state index contributed by atoms with van der Waals surface area (Å²) >= 11 is 0. The predicted octanol–water partition coefficient (Wildman–Crippen LogP) is 1.85. The zero-order valence-corrected chi connectivity index (χ0v) is 13.3. The number of piperazine rings is 1. The summed E-state index contributed by atoms with van der Waals surface area (Å²) in [6.45, 7) is 7.54. The highest BCUT2D eigenvalue weighted by molar-refractivity contribution is 5.75. The Kier molecular flexibility index (Phi) is 5.85. The van der Waals surface area contributed by atoms with E-state index in [1.54, 1.807) is 0 Å². The van der Waals surface area contributed by atoms with Crippen LogP contribution in [0.25, 0.3) is 0 Å². The number of carbonyl (C=O) groups is 1. The molecule has 0 aromatic heterocycles. The monoisotopic (exact) mass is 281 g/mol. The zero-order chi connectivity index (χ0) is 14.4. The fourth-order valence-electron chi connectivity index (χ4n) is 3.67. The minimum absolute atomic E-state index is 0.228. The van der Waals surface area contributed by atoms with Crippen molar-refractivity contribution < 1.29 is 4.79 Å². The van der Waals surface area contributed by atoms with Gasteiger partial charge in [-0.3, -0.25) is 9.69 Å². The van der Waals surface area contributed by atoms with E-state index in [4.69, 9.17) is 0 Å². The minimum atomic E-state index is 0.228. The van der Waals surface area contributed by atoms with E-state index in [-0.39, 0.29) is 11.4 Å². The maximum Gasteiger partial charge on any atom is 0.220 e. The lowest BCUT2D eigenvalue weighted by Gasteiger charge is -2.49. The lowest BCUT2D eigenvalue weighted by Crippen LogP contribution is -2.61. The summed E-state index contributed by atoms with van der Waals surface area (Å²) in [5.74, 6) is 0.228. The van der Waals surface area contributed by atoms with Crippen molar-refractivity contribution in [2.45, 2.75) is 57.4 Å². The van der Waals surface area contributed by atoms with Crippen LogP contribution in [0.5, 0.6) is 0 Å². The van der Waals surface area contributed by atoms with E-state index >= 15 is 0 Å². The van der Waals surface area contributed by atoms with Crippen LogP contribution < -0.4 is 5.32 Å². The molecule has 1 saturated carbocycles. The number of rotatable bonds is 5. The molecule has 4 nitrogen and oxygen atoms in total. The topological polar surface area (TPSA) is 35.6 Å². The molecule has 1 saturated heterocycles. The predicted molar refractivity (Wildman–Crippen MR) is 82.8 cm³/mol. The summed E-state index contributed by atoms with van der Waals surface area (Å²) in [6.07, 6.45) is 8.10. The first kappa shape index (κ1) is 15.8. The number of likely N-dealkylation sites (N-methyl/N-ethyl adjacent to an activating group) is 1. The second-order valence-electron chi connectivity index (χ2n) is 6.60. The van der Waals surface area contributed by atoms with Crippen LogP contribution in [0.3, 0.4) is 0 Å². The molecule has 0 spiro atoms. The molecule has 1 amide bonds. The smallest absolute Gasteiger partial charge is 0.220 e. The number of amides is 1. The molecule has 4 heteroatoms. The maximum atomic E-state index is 11.8. The third kappa shape index (κ3) is 3.95. The Morgan fingerprint density at radius 1 is 1.10 bits per heavy atom. The summed E-state index contributed by atoms with van der Waals surface area (Å²) in [5.41, 5.74) is 0.239. The third-order valence-electron chi connectivity index (χ3n) is 5.05. The quantitative estimate of drug-likeness (QED) is 0.835. The fraction of sp³-hybridized carbons (Fsp3) is 0.938. The normalized spacial score (nSPS) is 24.5. The Labute approximate surface area is 123 Å². The van der Waals surface area contributed by atoms with Gasteiger partial charge in [0.1, 0.15) is 0 Å². The van der Waals surface area contributed by atoms with Crippen LogP contribution in [0.2, 0.25) is 0 Å². The SMILES string of the molecule is CCCC(=O)NCC1(N2CCN(C)CC2)CCCCC1. The molecule has 2 fully saturated rings. The summed E-state index contributed by atoms with van der Waals surface area (Å²) in [7, 11) is 2.20. The van der Waals surface area contributed by atoms with E-state index in [2.05, 4.69) is 29.1 Å². The lowest BCUT2D eigenvalue weighted by molar-refractivity contribution is -0.122. The first-order valence-corrected chi connectivity index (χ1v) is 8.36. The molecular weight excluding hydrogens is 250 g/mol. The molecule has 2 rings (SSSR count). The van der Waals surface area contributed by atoms with E-state index in [0.717, 1.165) is 39.1 Å². The summed E-state index contributed by atoms with van der Waals surface area (Å²) < 4.78 is 0. The maximum absolute atomic E-state index is 11.8. The molecule has 0 bridgehead atoms. The van der Waals surface area contributed by atoms with E-state index in [0.29, 0.717) is 6.42 Å². The van der Waals surface area contributed by atoms with Crippen molar-refractivity contribution in [1.82, 2.24) is 15.1 Å². The molecule has 1 aliphatic carbocycles. The molecule has 116 valence electrons. The molecule has 0 atom stereocenters. The molecule has 20 heavy (non-hydrogen) atoms. The Morgan fingerprint density at radius 3 is 2.35 bits per heavy atom. The Bertz CT molecular complexity index is 305. The first-order chi connectivity index (χ1) is 9.66. The van der Waals surface area contributed by atoms with Crippen molar-refractivity contribution in [3.8, 4) is 0 Å². The van der Waals surface area contributed by atoms with Crippen molar-refractivity contribution >= 4 is 5.91 Å². The van der Waals surface area contributed by atoms with Crippen LogP contribution in [0.4, 0.5) is 0 Å². The van der Waals surface area contributed by atoms with Gasteiger partial charge >= 0.3 is 0 Å². The van der Waals surface area contributed by atoms with Gasteiger partial charge in [-0.1, -0.05) is 26.2 Å². The van der Waals surface area contributed by atoms with Crippen LogP contribution in [0, 0.1) is 0 Å². The largest absolute Gasteiger partial charge is 0.354 e. The van der Waals surface area contributed by atoms with Gasteiger partial charge in [-0.05, 0) is 26.3 Å². The molecule has 0 aromatic carbocycles. The highest BCUT2D eigenvalue weighted by Crippen LogP contribution is 2.34. The molecule has 1 heterocycles. The second-order valence-corrected chi connectivity index (χ2v) is 6.60. The molecule has 0 radical (unpaired) electrons. The van der Waals surface area contributed by atoms with Crippen molar-refractivity contribution in [2.75, 3.05) is 39.8 Å². The Hall–Kier alpha value is -0.610. The highest BCUT2D eigenvalue weighted by atomic mass is 16.1. The first-order valence-electron chi connectivity index (χ1n) is 8.36. The third-order valence-corrected chi connectivity index (χ3v) is 5.05. The molecule has 1 N–H and O–H groups in total. The van der Waals surface area contributed by atoms with Crippen molar-refractivity contribution in [3.05, 3.63) is 0 Å². The van der Waals surface area contributed by atoms with Crippen LogP contribution in [0.15, 0.2) is 0 Å². The number of hydrogen-bond acceptors (Lipinski definition) is 3. The lowest BCUT2D eigenvalue weighted by atomic mass is 9.79. The van der Waals surface area contributed by atoms with Gasteiger partial charge in [0.2, 0.25) is 5.91 Å². The average molecular weight is 281 g/mol. The highest BCUT2D eigenvalue weighted by Gasteiger charge is 2.39. The van der Waals surface area contributed by atoms with Crippen LogP contribution in [0.1, 0.15) is 51.9 Å². The van der Waals surface area contributed by atoms with Gasteiger partial charge in [0.25, 0.3) is 0 Å². The zero-order valence-electron chi connectivity index (χ0n) is 13.3. The summed E-state index contributed by atoms with van der Waals surface area (Å²) in [6, 6.07) is 0. The molecule has 2 aliphatic rings. The van der Waals surface area contributed by atoms with Crippen molar-refractivity contribution in [1.29, 1.82) is 0 Å². The van der Waals surface area contributed by atoms with Gasteiger partial charge in [0, 0.05) is 44.7 Å². The molecular formula is C16H31N3O. The van der Waals surface area contributed by atoms with E-state index in [9.17, 15) is 4.79 Å². The van der Waals surface area contributed by atoms with Crippen molar-refractivity contribution in [3.63, 3.8) is 0 Å². The summed E-state index contributed by atoms with van der Waals surface area (Å²) in [5, 5.41) is 3.21. The van der Waals surface area contributed by atoms with E-state index in [1.807, 2.05) is 0 Å². The number of nitrogens with zero attached hydrogens (tertiary/aromatic N) is 2. The van der Waals surface area contributed by atoms with Gasteiger partial charge in [-0.25, -0.2) is 0 Å². The summed E-state index contributed by atoms with van der Waals surface area (Å²) in [4.78, 5) is 16.9. The van der Waals surface area contributed by atoms with Crippen LogP contribution in [-0.4, -0.2) is 61.0 Å². The number of hydrogen-bond donors (Lipinski definition) is 1. The van der Waals surface area contributed by atoms with E-state index in [1.165, 1.54) is 32.1 Å². The Balaban J connectivity index is 1.96. The fourth-order valence-corrected chi connectivity index (χ4v) is 3.67. The van der Waals surface area contributed by atoms with Gasteiger partial charge < -0.3 is 10.2 Å². The van der Waals surface area contributed by atoms with Gasteiger partial charge in [0.15, 0.2) is 0 Å². The molecule has 1 aliphatic heterocycles. The standard InChI is InChI=1S/C16H31N3O/c1-3-7-15(20)17-14-16(8-5-4-6-9-16)19-12-10-18(2)11-13-19/h3-14H2,1-2H3,(H,17,20). The molecule has 0 aromatic rings. The minimum Gasteiger partial charge on any atom is -0.354 e. The number of nitrogens with one attached hydrogen (secondary N) is 1. The van der Waals surface area contributed by atoms with Gasteiger partial charge in [0.05, 0.1) is 0 Å². The van der Waals surface area contributed by atoms with E-state index < -0.39 is 0 Å².